The van der Waals surface area contributed by atoms with E-state index < -0.39 is 0 Å². The lowest BCUT2D eigenvalue weighted by molar-refractivity contribution is -0.127. The molecule has 66 valence electrons. The monoisotopic (exact) mass is 167 g/mol. The first-order chi connectivity index (χ1) is 5.83. The molecule has 0 aromatic carbocycles. The summed E-state index contributed by atoms with van der Waals surface area (Å²) >= 11 is 0. The summed E-state index contributed by atoms with van der Waals surface area (Å²) < 4.78 is 5.15. The van der Waals surface area contributed by atoms with Crippen molar-refractivity contribution >= 4 is 5.91 Å². The Morgan fingerprint density at radius 2 is 2.42 bits per heavy atom. The predicted octanol–water partition coefficient (Wildman–Crippen LogP) is 0.911. The number of fused-ring (bicyclic) bond motifs is 1. The lowest BCUT2D eigenvalue weighted by atomic mass is 10.0. The largest absolute Gasteiger partial charge is 0.499 e. The minimum Gasteiger partial charge on any atom is -0.499 e. The van der Waals surface area contributed by atoms with E-state index in [-0.39, 0.29) is 11.9 Å². The van der Waals surface area contributed by atoms with Crippen LogP contribution in [0.3, 0.4) is 0 Å². The molecule has 0 unspecified atom stereocenters. The Bertz CT molecular complexity index is 235. The summed E-state index contributed by atoms with van der Waals surface area (Å²) in [5, 5.41) is 0. The third-order valence-electron chi connectivity index (χ3n) is 2.62. The first kappa shape index (κ1) is 7.65. The van der Waals surface area contributed by atoms with Gasteiger partial charge >= 0.3 is 0 Å². The van der Waals surface area contributed by atoms with Gasteiger partial charge in [0.05, 0.1) is 13.2 Å². The normalized spacial score (nSPS) is 28.4. The van der Waals surface area contributed by atoms with Crippen LogP contribution in [0.25, 0.3) is 0 Å². The fourth-order valence-electron chi connectivity index (χ4n) is 1.99. The maximum Gasteiger partial charge on any atom is 0.250 e. The van der Waals surface area contributed by atoms with Gasteiger partial charge in [0, 0.05) is 12.6 Å². The van der Waals surface area contributed by atoms with Crippen molar-refractivity contribution < 1.29 is 9.53 Å². The number of rotatable bonds is 1. The van der Waals surface area contributed by atoms with Gasteiger partial charge in [0.25, 0.3) is 5.91 Å². The van der Waals surface area contributed by atoms with Crippen molar-refractivity contribution in [3.05, 3.63) is 11.8 Å². The van der Waals surface area contributed by atoms with E-state index in [1.807, 2.05) is 4.90 Å². The van der Waals surface area contributed by atoms with Crippen molar-refractivity contribution in [2.75, 3.05) is 13.7 Å². The number of amides is 1. The van der Waals surface area contributed by atoms with Crippen LogP contribution in [0.5, 0.6) is 0 Å². The lowest BCUT2D eigenvalue weighted by Crippen LogP contribution is -2.39. The molecule has 2 rings (SSSR count). The zero-order valence-electron chi connectivity index (χ0n) is 7.25. The summed E-state index contributed by atoms with van der Waals surface area (Å²) in [6.45, 7) is 0.896. The zero-order valence-corrected chi connectivity index (χ0v) is 7.25. The van der Waals surface area contributed by atoms with Crippen molar-refractivity contribution in [3.8, 4) is 0 Å². The highest BCUT2D eigenvalue weighted by Gasteiger charge is 2.34. The molecule has 0 aromatic heterocycles. The van der Waals surface area contributed by atoms with Gasteiger partial charge in [0.2, 0.25) is 0 Å². The molecule has 3 heteroatoms. The van der Waals surface area contributed by atoms with Crippen molar-refractivity contribution in [1.82, 2.24) is 4.90 Å². The number of methoxy groups -OCH3 is 1. The second-order valence-corrected chi connectivity index (χ2v) is 3.29. The van der Waals surface area contributed by atoms with Gasteiger partial charge in [0.1, 0.15) is 5.76 Å². The Morgan fingerprint density at radius 3 is 3.17 bits per heavy atom. The Labute approximate surface area is 72.0 Å². The summed E-state index contributed by atoms with van der Waals surface area (Å²) in [6, 6.07) is 0.247. The second-order valence-electron chi connectivity index (χ2n) is 3.29. The third kappa shape index (κ3) is 1.00. The van der Waals surface area contributed by atoms with Crippen LogP contribution in [0.1, 0.15) is 19.3 Å². The molecular weight excluding hydrogens is 154 g/mol. The SMILES string of the molecule is COC1=CC(=O)N2CCCC[C@@H]12. The van der Waals surface area contributed by atoms with Gasteiger partial charge in [-0.1, -0.05) is 0 Å². The Balaban J connectivity index is 2.18. The van der Waals surface area contributed by atoms with Crippen molar-refractivity contribution in [1.29, 1.82) is 0 Å². The average molecular weight is 167 g/mol. The first-order valence-corrected chi connectivity index (χ1v) is 4.39. The maximum absolute atomic E-state index is 11.3. The van der Waals surface area contributed by atoms with Crippen molar-refractivity contribution in [3.63, 3.8) is 0 Å². The molecule has 0 spiro atoms. The molecule has 0 aliphatic carbocycles. The van der Waals surface area contributed by atoms with E-state index >= 15 is 0 Å². The van der Waals surface area contributed by atoms with E-state index in [9.17, 15) is 4.79 Å². The van der Waals surface area contributed by atoms with Gasteiger partial charge in [-0.15, -0.1) is 0 Å². The van der Waals surface area contributed by atoms with Crippen molar-refractivity contribution in [2.45, 2.75) is 25.3 Å². The van der Waals surface area contributed by atoms with E-state index in [2.05, 4.69) is 0 Å². The molecule has 0 radical (unpaired) electrons. The van der Waals surface area contributed by atoms with Crippen LogP contribution in [0.2, 0.25) is 0 Å². The van der Waals surface area contributed by atoms with E-state index in [0.29, 0.717) is 0 Å². The Morgan fingerprint density at radius 1 is 1.58 bits per heavy atom. The van der Waals surface area contributed by atoms with Gasteiger partial charge in [-0.2, -0.15) is 0 Å². The molecule has 0 saturated carbocycles. The van der Waals surface area contributed by atoms with Crippen LogP contribution in [0.15, 0.2) is 11.8 Å². The molecule has 1 saturated heterocycles. The number of piperidine rings is 1. The molecule has 0 aromatic rings. The number of carbonyl (C=O) groups excluding carboxylic acids is 1. The van der Waals surface area contributed by atoms with E-state index in [4.69, 9.17) is 4.74 Å². The highest BCUT2D eigenvalue weighted by Crippen LogP contribution is 2.28. The molecule has 12 heavy (non-hydrogen) atoms. The molecule has 2 heterocycles. The average Bonchev–Trinajstić information content (AvgIpc) is 2.44. The lowest BCUT2D eigenvalue weighted by Gasteiger charge is -2.30. The minimum absolute atomic E-state index is 0.122. The second kappa shape index (κ2) is 2.81. The molecule has 0 bridgehead atoms. The Kier molecular flexibility index (Phi) is 1.79. The zero-order chi connectivity index (χ0) is 8.55. The smallest absolute Gasteiger partial charge is 0.250 e. The Hall–Kier alpha value is -0.990. The van der Waals surface area contributed by atoms with Crippen LogP contribution >= 0.6 is 0 Å². The summed E-state index contributed by atoms with van der Waals surface area (Å²) in [4.78, 5) is 13.3. The van der Waals surface area contributed by atoms with Gasteiger partial charge in [-0.05, 0) is 19.3 Å². The topological polar surface area (TPSA) is 29.5 Å². The molecule has 0 N–H and O–H groups in total. The van der Waals surface area contributed by atoms with Gasteiger partial charge < -0.3 is 9.64 Å². The fourth-order valence-corrected chi connectivity index (χ4v) is 1.99. The van der Waals surface area contributed by atoms with Crippen LogP contribution in [-0.2, 0) is 9.53 Å². The van der Waals surface area contributed by atoms with Crippen molar-refractivity contribution in [2.24, 2.45) is 0 Å². The predicted molar refractivity (Wildman–Crippen MR) is 44.4 cm³/mol. The van der Waals surface area contributed by atoms with E-state index in [0.717, 1.165) is 25.1 Å². The number of carbonyl (C=O) groups is 1. The maximum atomic E-state index is 11.3. The van der Waals surface area contributed by atoms with Crippen LogP contribution in [0, 0.1) is 0 Å². The summed E-state index contributed by atoms with van der Waals surface area (Å²) in [6.07, 6.45) is 5.02. The quantitative estimate of drug-likeness (QED) is 0.581. The molecule has 1 amide bonds. The summed E-state index contributed by atoms with van der Waals surface area (Å²) in [7, 11) is 1.64. The molecule has 2 aliphatic heterocycles. The van der Waals surface area contributed by atoms with Gasteiger partial charge in [-0.3, -0.25) is 4.79 Å². The number of hydrogen-bond acceptors (Lipinski definition) is 2. The summed E-state index contributed by atoms with van der Waals surface area (Å²) in [5.41, 5.74) is 0. The van der Waals surface area contributed by atoms with E-state index in [1.54, 1.807) is 13.2 Å². The molecule has 3 nitrogen and oxygen atoms in total. The number of hydrogen-bond donors (Lipinski definition) is 0. The van der Waals surface area contributed by atoms with Crippen LogP contribution in [0.4, 0.5) is 0 Å². The van der Waals surface area contributed by atoms with Crippen LogP contribution < -0.4 is 0 Å². The standard InChI is InChI=1S/C9H13NO2/c1-12-8-6-9(11)10-5-3-2-4-7(8)10/h6-7H,2-5H2,1H3/t7-/m0/s1. The molecule has 1 fully saturated rings. The highest BCUT2D eigenvalue weighted by molar-refractivity contribution is 5.91. The fraction of sp³-hybridized carbons (Fsp3) is 0.667. The van der Waals surface area contributed by atoms with Gasteiger partial charge in [-0.25, -0.2) is 0 Å². The highest BCUT2D eigenvalue weighted by atomic mass is 16.5. The third-order valence-corrected chi connectivity index (χ3v) is 2.62. The molecular formula is C9H13NO2. The van der Waals surface area contributed by atoms with Gasteiger partial charge in [0.15, 0.2) is 0 Å². The molecule has 2 aliphatic rings. The number of nitrogens with zero attached hydrogens (tertiary/aromatic N) is 1. The summed E-state index contributed by atoms with van der Waals surface area (Å²) in [5.74, 6) is 0.969. The first-order valence-electron chi connectivity index (χ1n) is 4.39. The van der Waals surface area contributed by atoms with E-state index in [1.165, 1.54) is 6.42 Å². The minimum atomic E-state index is 0.122. The van der Waals surface area contributed by atoms with Crippen LogP contribution in [-0.4, -0.2) is 30.5 Å². The molecule has 1 atom stereocenters. The number of ether oxygens (including phenoxy) is 1.